The molecule has 2 aliphatic rings. The van der Waals surface area contributed by atoms with E-state index in [0.717, 1.165) is 25.1 Å². The van der Waals surface area contributed by atoms with Crippen LogP contribution in [0, 0.1) is 5.92 Å². The molecular weight excluding hydrogens is 388 g/mol. The van der Waals surface area contributed by atoms with Crippen LogP contribution < -0.4 is 0 Å². The Bertz CT molecular complexity index is 796. The summed E-state index contributed by atoms with van der Waals surface area (Å²) in [6, 6.07) is 7.46. The van der Waals surface area contributed by atoms with E-state index in [1.165, 1.54) is 11.8 Å². The van der Waals surface area contributed by atoms with E-state index < -0.39 is 0 Å². The maximum atomic E-state index is 12.7. The first-order valence-corrected chi connectivity index (χ1v) is 10.4. The number of hydrogen-bond acceptors (Lipinski definition) is 6. The topological polar surface area (TPSA) is 69.5 Å². The lowest BCUT2D eigenvalue weighted by atomic mass is 9.97. The van der Waals surface area contributed by atoms with Crippen molar-refractivity contribution in [2.75, 3.05) is 32.1 Å². The van der Waals surface area contributed by atoms with Crippen LogP contribution in [0.3, 0.4) is 0 Å². The van der Waals surface area contributed by atoms with Gasteiger partial charge < -0.3 is 14.4 Å². The first-order chi connectivity index (χ1) is 13.2. The highest BCUT2D eigenvalue weighted by Gasteiger charge is 2.32. The minimum absolute atomic E-state index is 0.100. The molecule has 1 unspecified atom stereocenters. The molecule has 0 saturated carbocycles. The number of thioether (sulfide) groups is 1. The summed E-state index contributed by atoms with van der Waals surface area (Å²) in [4.78, 5) is 14.6. The number of benzene rings is 1. The number of hydrogen-bond donors (Lipinski definition) is 0. The molecule has 1 aromatic heterocycles. The third-order valence-electron chi connectivity index (χ3n) is 4.77. The summed E-state index contributed by atoms with van der Waals surface area (Å²) in [5.41, 5.74) is 0.871. The number of ether oxygens (including phenoxy) is 2. The molecule has 0 spiro atoms. The summed E-state index contributed by atoms with van der Waals surface area (Å²) in [5, 5.41) is 9.42. The predicted molar refractivity (Wildman–Crippen MR) is 102 cm³/mol. The molecule has 1 aromatic carbocycles. The second-order valence-corrected chi connectivity index (χ2v) is 7.98. The molecule has 2 aliphatic heterocycles. The van der Waals surface area contributed by atoms with Crippen molar-refractivity contribution in [3.63, 3.8) is 0 Å². The Hall–Kier alpha value is -1.61. The highest BCUT2D eigenvalue weighted by atomic mass is 35.5. The molecule has 0 aliphatic carbocycles. The second-order valence-electron chi connectivity index (χ2n) is 6.60. The maximum absolute atomic E-state index is 12.7. The Balaban J connectivity index is 1.36. The van der Waals surface area contributed by atoms with Gasteiger partial charge in [0.25, 0.3) is 0 Å². The average Bonchev–Trinajstić information content (AvgIpc) is 3.38. The number of likely N-dealkylation sites (tertiary alicyclic amines) is 1. The molecule has 2 aromatic rings. The van der Waals surface area contributed by atoms with Gasteiger partial charge in [-0.05, 0) is 31.0 Å². The van der Waals surface area contributed by atoms with Crippen molar-refractivity contribution in [1.82, 2.24) is 19.7 Å². The van der Waals surface area contributed by atoms with E-state index in [-0.39, 0.29) is 18.1 Å². The lowest BCUT2D eigenvalue weighted by molar-refractivity contribution is -0.136. The van der Waals surface area contributed by atoms with Crippen LogP contribution in [-0.2, 0) is 14.3 Å². The van der Waals surface area contributed by atoms with Crippen LogP contribution in [0.5, 0.6) is 0 Å². The van der Waals surface area contributed by atoms with Gasteiger partial charge in [0, 0.05) is 24.0 Å². The average molecular weight is 409 g/mol. The first kappa shape index (κ1) is 18.7. The van der Waals surface area contributed by atoms with Gasteiger partial charge in [-0.25, -0.2) is 0 Å². The number of carbonyl (C=O) groups is 1. The van der Waals surface area contributed by atoms with E-state index >= 15 is 0 Å². The van der Waals surface area contributed by atoms with E-state index in [1.807, 2.05) is 33.7 Å². The Labute approximate surface area is 167 Å². The van der Waals surface area contributed by atoms with Gasteiger partial charge in [0.15, 0.2) is 11.4 Å². The standard InChI is InChI=1S/C18H21ClN4O3S/c19-14-4-1-5-15(9-14)23-12-20-21-18(23)27-11-16(24)22-6-2-3-13(10-22)17-25-7-8-26-17/h1,4-5,9,12-13,17H,2-3,6-8,10-11H2. The number of rotatable bonds is 5. The van der Waals surface area contributed by atoms with Gasteiger partial charge in [-0.1, -0.05) is 29.4 Å². The normalized spacial score (nSPS) is 20.9. The third kappa shape index (κ3) is 4.45. The smallest absolute Gasteiger partial charge is 0.233 e. The van der Waals surface area contributed by atoms with Gasteiger partial charge in [-0.2, -0.15) is 0 Å². The minimum Gasteiger partial charge on any atom is -0.350 e. The molecular formula is C18H21ClN4O3S. The van der Waals surface area contributed by atoms with Crippen molar-refractivity contribution in [3.05, 3.63) is 35.6 Å². The van der Waals surface area contributed by atoms with Crippen LogP contribution in [0.1, 0.15) is 12.8 Å². The van der Waals surface area contributed by atoms with Crippen molar-refractivity contribution >= 4 is 29.3 Å². The van der Waals surface area contributed by atoms with Gasteiger partial charge in [0.2, 0.25) is 5.91 Å². The summed E-state index contributed by atoms with van der Waals surface area (Å²) in [5.74, 6) is 0.673. The Morgan fingerprint density at radius 3 is 3.00 bits per heavy atom. The third-order valence-corrected chi connectivity index (χ3v) is 5.93. The SMILES string of the molecule is O=C(CSc1nncn1-c1cccc(Cl)c1)N1CCCC(C2OCCO2)C1. The Morgan fingerprint density at radius 2 is 2.19 bits per heavy atom. The number of amides is 1. The summed E-state index contributed by atoms with van der Waals surface area (Å²) in [6.45, 7) is 2.75. The van der Waals surface area contributed by atoms with Crippen LogP contribution in [0.2, 0.25) is 5.02 Å². The summed E-state index contributed by atoms with van der Waals surface area (Å²) >= 11 is 7.45. The molecule has 2 saturated heterocycles. The van der Waals surface area contributed by atoms with Crippen molar-refractivity contribution in [1.29, 1.82) is 0 Å². The van der Waals surface area contributed by atoms with Crippen LogP contribution in [0.4, 0.5) is 0 Å². The highest BCUT2D eigenvalue weighted by molar-refractivity contribution is 7.99. The zero-order valence-electron chi connectivity index (χ0n) is 14.8. The van der Waals surface area contributed by atoms with Gasteiger partial charge in [-0.15, -0.1) is 10.2 Å². The fraction of sp³-hybridized carbons (Fsp3) is 0.500. The maximum Gasteiger partial charge on any atom is 0.233 e. The molecule has 2 fully saturated rings. The van der Waals surface area contributed by atoms with Gasteiger partial charge in [0.1, 0.15) is 6.33 Å². The van der Waals surface area contributed by atoms with Crippen LogP contribution in [0.15, 0.2) is 35.7 Å². The number of aromatic nitrogens is 3. The molecule has 0 radical (unpaired) electrons. The zero-order valence-corrected chi connectivity index (χ0v) is 16.4. The van der Waals surface area contributed by atoms with Crippen molar-refractivity contribution in [2.45, 2.75) is 24.3 Å². The van der Waals surface area contributed by atoms with Crippen molar-refractivity contribution in [3.8, 4) is 5.69 Å². The summed E-state index contributed by atoms with van der Waals surface area (Å²) < 4.78 is 13.1. The molecule has 4 rings (SSSR count). The zero-order chi connectivity index (χ0) is 18.6. The van der Waals surface area contributed by atoms with E-state index in [4.69, 9.17) is 21.1 Å². The predicted octanol–water partition coefficient (Wildman–Crippen LogP) is 2.62. The lowest BCUT2D eigenvalue weighted by Crippen LogP contribution is -2.44. The van der Waals surface area contributed by atoms with E-state index in [2.05, 4.69) is 10.2 Å². The van der Waals surface area contributed by atoms with E-state index in [0.29, 0.717) is 35.7 Å². The molecule has 9 heteroatoms. The summed E-state index contributed by atoms with van der Waals surface area (Å²) in [6.07, 6.45) is 3.47. The molecule has 3 heterocycles. The number of carbonyl (C=O) groups excluding carboxylic acids is 1. The largest absolute Gasteiger partial charge is 0.350 e. The highest BCUT2D eigenvalue weighted by Crippen LogP contribution is 2.26. The number of piperidine rings is 1. The van der Waals surface area contributed by atoms with Crippen LogP contribution >= 0.6 is 23.4 Å². The quantitative estimate of drug-likeness (QED) is 0.708. The molecule has 27 heavy (non-hydrogen) atoms. The molecule has 0 N–H and O–H groups in total. The van der Waals surface area contributed by atoms with Crippen LogP contribution in [0.25, 0.3) is 5.69 Å². The van der Waals surface area contributed by atoms with Crippen molar-refractivity contribution in [2.24, 2.45) is 5.92 Å². The Kier molecular flexibility index (Phi) is 5.97. The second kappa shape index (κ2) is 8.60. The fourth-order valence-corrected chi connectivity index (χ4v) is 4.47. The summed E-state index contributed by atoms with van der Waals surface area (Å²) in [7, 11) is 0. The molecule has 144 valence electrons. The monoisotopic (exact) mass is 408 g/mol. The molecule has 0 bridgehead atoms. The lowest BCUT2D eigenvalue weighted by Gasteiger charge is -2.34. The first-order valence-electron chi connectivity index (χ1n) is 9.00. The van der Waals surface area contributed by atoms with E-state index in [1.54, 1.807) is 6.33 Å². The number of nitrogens with zero attached hydrogens (tertiary/aromatic N) is 4. The fourth-order valence-electron chi connectivity index (χ4n) is 3.45. The van der Waals surface area contributed by atoms with E-state index in [9.17, 15) is 4.79 Å². The van der Waals surface area contributed by atoms with Crippen molar-refractivity contribution < 1.29 is 14.3 Å². The van der Waals surface area contributed by atoms with Gasteiger partial charge in [0.05, 0.1) is 24.7 Å². The number of halogens is 1. The van der Waals surface area contributed by atoms with Gasteiger partial charge in [-0.3, -0.25) is 9.36 Å². The van der Waals surface area contributed by atoms with Gasteiger partial charge >= 0.3 is 0 Å². The molecule has 1 atom stereocenters. The minimum atomic E-state index is -0.167. The molecule has 1 amide bonds. The van der Waals surface area contributed by atoms with Crippen LogP contribution in [-0.4, -0.2) is 63.9 Å². The Morgan fingerprint density at radius 1 is 1.33 bits per heavy atom. The molecule has 7 nitrogen and oxygen atoms in total.